The number of amides is 6. The molecule has 0 radical (unpaired) electrons. The van der Waals surface area contributed by atoms with Crippen molar-refractivity contribution in [3.05, 3.63) is 148 Å². The Bertz CT molecular complexity index is 2360. The molecule has 2 bridgehead atoms. The molecular formula is C47H48N6O9S. The molecule has 0 spiro atoms. The third kappa shape index (κ3) is 13.7. The van der Waals surface area contributed by atoms with Gasteiger partial charge in [-0.3, -0.25) is 33.6 Å². The van der Waals surface area contributed by atoms with Crippen molar-refractivity contribution in [2.24, 2.45) is 0 Å². The van der Waals surface area contributed by atoms with E-state index in [4.69, 9.17) is 0 Å². The van der Waals surface area contributed by atoms with Gasteiger partial charge in [-0.05, 0) is 51.4 Å². The van der Waals surface area contributed by atoms with E-state index in [1.165, 1.54) is 23.5 Å². The molecule has 5 atom stereocenters. The van der Waals surface area contributed by atoms with Crippen LogP contribution in [0.1, 0.15) is 34.4 Å². The second-order valence-corrected chi connectivity index (χ2v) is 16.1. The maximum absolute atomic E-state index is 14.6. The number of benzene rings is 4. The number of carboxylic acid groups (broad SMARTS) is 1. The quantitative estimate of drug-likeness (QED) is 0.0911. The zero-order valence-electron chi connectivity index (χ0n) is 34.1. The average molecular weight is 873 g/mol. The fraction of sp³-hybridized carbons (Fsp3) is 0.255. The van der Waals surface area contributed by atoms with Crippen LogP contribution in [-0.4, -0.2) is 88.4 Å². The van der Waals surface area contributed by atoms with Gasteiger partial charge in [-0.2, -0.15) is 0 Å². The van der Waals surface area contributed by atoms with E-state index < -0.39 is 78.1 Å². The minimum atomic E-state index is -1.79. The largest absolute Gasteiger partial charge is 0.481 e. The molecule has 5 unspecified atom stereocenters. The van der Waals surface area contributed by atoms with Crippen LogP contribution in [0, 0.1) is 0 Å². The second kappa shape index (κ2) is 22.1. The summed E-state index contributed by atoms with van der Waals surface area (Å²) in [5, 5.41) is 37.9. The van der Waals surface area contributed by atoms with Crippen LogP contribution in [0.2, 0.25) is 0 Å². The van der Waals surface area contributed by atoms with Crippen molar-refractivity contribution < 1.29 is 43.8 Å². The summed E-state index contributed by atoms with van der Waals surface area (Å²) in [4.78, 5) is 95.1. The van der Waals surface area contributed by atoms with E-state index in [9.17, 15) is 43.8 Å². The molecule has 2 aliphatic rings. The van der Waals surface area contributed by atoms with Gasteiger partial charge in [-0.25, -0.2) is 0 Å². The summed E-state index contributed by atoms with van der Waals surface area (Å²) in [5.41, 5.74) is 4.05. The summed E-state index contributed by atoms with van der Waals surface area (Å²) in [7, 11) is 0. The smallest absolute Gasteiger partial charge is 0.305 e. The van der Waals surface area contributed by atoms with Gasteiger partial charge in [0, 0.05) is 42.8 Å². The maximum atomic E-state index is 14.6. The van der Waals surface area contributed by atoms with Gasteiger partial charge in [0.25, 0.3) is 5.91 Å². The fourth-order valence-corrected chi connectivity index (χ4v) is 7.71. The van der Waals surface area contributed by atoms with Crippen LogP contribution >= 0.6 is 11.3 Å². The molecule has 4 aromatic carbocycles. The monoisotopic (exact) mass is 872 g/mol. The Morgan fingerprint density at radius 2 is 1.17 bits per heavy atom. The van der Waals surface area contributed by atoms with Gasteiger partial charge in [0.1, 0.15) is 30.3 Å². The number of carboxylic acids is 1. The lowest BCUT2D eigenvalue weighted by Crippen LogP contribution is -2.59. The lowest BCUT2D eigenvalue weighted by atomic mass is 9.99. The first-order valence-electron chi connectivity index (χ1n) is 20.4. The van der Waals surface area contributed by atoms with Crippen molar-refractivity contribution in [1.82, 2.24) is 26.6 Å². The first kappa shape index (κ1) is 45.4. The van der Waals surface area contributed by atoms with Crippen molar-refractivity contribution in [1.29, 1.82) is 0 Å². The first-order valence-corrected chi connectivity index (χ1v) is 21.3. The van der Waals surface area contributed by atoms with Gasteiger partial charge in [0.2, 0.25) is 29.5 Å². The zero-order valence-corrected chi connectivity index (χ0v) is 34.9. The number of anilines is 1. The van der Waals surface area contributed by atoms with E-state index >= 15 is 0 Å². The number of aliphatic hydroxyl groups excluding tert-OH is 1. The number of aliphatic carboxylic acids is 1. The lowest BCUT2D eigenvalue weighted by Gasteiger charge is -2.27. The Morgan fingerprint density at radius 1 is 0.603 bits per heavy atom. The van der Waals surface area contributed by atoms with Gasteiger partial charge >= 0.3 is 5.97 Å². The highest BCUT2D eigenvalue weighted by atomic mass is 32.1. The Kier molecular flexibility index (Phi) is 15.9. The van der Waals surface area contributed by atoms with Crippen LogP contribution in [0.5, 0.6) is 0 Å². The highest BCUT2D eigenvalue weighted by Gasteiger charge is 2.33. The highest BCUT2D eigenvalue weighted by molar-refractivity contribution is 7.09. The van der Waals surface area contributed by atoms with Crippen molar-refractivity contribution in [2.75, 3.05) is 11.9 Å². The summed E-state index contributed by atoms with van der Waals surface area (Å²) in [6.07, 6.45) is -2.92. The summed E-state index contributed by atoms with van der Waals surface area (Å²) in [5.74, 6) is -5.67. The molecule has 0 saturated carbocycles. The normalized spacial score (nSPS) is 20.2. The van der Waals surface area contributed by atoms with E-state index in [-0.39, 0.29) is 44.3 Å². The zero-order chi connectivity index (χ0) is 44.7. The number of carbonyl (C=O) groups excluding carboxylic acids is 6. The van der Waals surface area contributed by atoms with Crippen LogP contribution in [0.4, 0.5) is 5.69 Å². The van der Waals surface area contributed by atoms with Crippen molar-refractivity contribution >= 4 is 58.4 Å². The standard InChI is InChI=1S/C47H48N6O9S/c54-40-28-41(55)50-39(27-35-12-7-23-63-35)46(61)53-38(26-30-13-17-33(18-14-30)32-10-5-2-6-11-32)45(60)52-37(24-29-8-3-1-4-9-29)44(59)51-36(43(58)48-22-21-42(56)57)25-31-15-19-34(20-16-31)49-47(40)62/h1-20,23,36-40,54H,21-22,24-28H2,(H,48,58)(H,49,62)(H,50,55)(H,51,59)(H,52,60)(H,53,61)(H,56,57). The molecule has 8 N–H and O–H groups in total. The van der Waals surface area contributed by atoms with E-state index in [1.54, 1.807) is 60.0 Å². The Labute approximate surface area is 367 Å². The summed E-state index contributed by atoms with van der Waals surface area (Å²) in [6, 6.07) is 30.7. The van der Waals surface area contributed by atoms with Crippen LogP contribution in [0.15, 0.2) is 127 Å². The van der Waals surface area contributed by atoms with Crippen LogP contribution < -0.4 is 31.9 Å². The third-order valence-electron chi connectivity index (χ3n) is 10.3. The van der Waals surface area contributed by atoms with E-state index in [0.717, 1.165) is 16.0 Å². The number of carbonyl (C=O) groups is 7. The molecule has 0 saturated heterocycles. The number of fused-ring (bicyclic) bond motifs is 18. The lowest BCUT2D eigenvalue weighted by molar-refractivity contribution is -0.137. The van der Waals surface area contributed by atoms with Crippen molar-refractivity contribution in [3.63, 3.8) is 0 Å². The highest BCUT2D eigenvalue weighted by Crippen LogP contribution is 2.21. The summed E-state index contributed by atoms with van der Waals surface area (Å²) < 4.78 is 0. The van der Waals surface area contributed by atoms with Crippen molar-refractivity contribution in [3.8, 4) is 11.1 Å². The minimum Gasteiger partial charge on any atom is -0.481 e. The van der Waals surface area contributed by atoms with E-state index in [0.29, 0.717) is 16.7 Å². The predicted octanol–water partition coefficient (Wildman–Crippen LogP) is 2.92. The van der Waals surface area contributed by atoms with Crippen molar-refractivity contribution in [2.45, 2.75) is 68.8 Å². The average Bonchev–Trinajstić information content (AvgIpc) is 3.79. The van der Waals surface area contributed by atoms with E-state index in [1.807, 2.05) is 54.6 Å². The van der Waals surface area contributed by atoms with Crippen LogP contribution in [0.3, 0.4) is 0 Å². The molecule has 0 aliphatic carbocycles. The van der Waals surface area contributed by atoms with Gasteiger partial charge in [-0.15, -0.1) is 11.3 Å². The minimum absolute atomic E-state index is 0.00795. The molecule has 15 nitrogen and oxygen atoms in total. The molecule has 0 fully saturated rings. The second-order valence-electron chi connectivity index (χ2n) is 15.1. The first-order chi connectivity index (χ1) is 30.4. The Hall–Kier alpha value is -7.17. The number of hydrogen-bond donors (Lipinski definition) is 8. The molecule has 3 heterocycles. The molecular weight excluding hydrogens is 825 g/mol. The number of thiophene rings is 1. The number of aliphatic hydroxyl groups is 1. The van der Waals surface area contributed by atoms with Gasteiger partial charge in [0.05, 0.1) is 12.8 Å². The number of nitrogens with one attached hydrogen (secondary N) is 6. The molecule has 16 heteroatoms. The predicted molar refractivity (Wildman–Crippen MR) is 236 cm³/mol. The van der Waals surface area contributed by atoms with Gasteiger partial charge < -0.3 is 42.1 Å². The SMILES string of the molecule is O=C(O)CCNC(=O)C1Cc2ccc(cc2)NC(=O)C(O)CC(=O)NC(Cc2cccs2)C(=O)NC(Cc2ccc(-c3ccccc3)cc2)C(=O)NC(Cc2ccccc2)C(=O)N1. The van der Waals surface area contributed by atoms with Crippen LogP contribution in [-0.2, 0) is 59.2 Å². The topological polar surface area (TPSA) is 232 Å². The van der Waals surface area contributed by atoms with E-state index in [2.05, 4.69) is 31.9 Å². The summed E-state index contributed by atoms with van der Waals surface area (Å²) in [6.45, 7) is -0.212. The van der Waals surface area contributed by atoms with Gasteiger partial charge in [0.15, 0.2) is 0 Å². The fourth-order valence-electron chi connectivity index (χ4n) is 6.96. The molecule has 1 aromatic heterocycles. The molecule has 326 valence electrons. The number of rotatable bonds is 11. The maximum Gasteiger partial charge on any atom is 0.305 e. The van der Waals surface area contributed by atoms with Gasteiger partial charge in [-0.1, -0.05) is 103 Å². The Balaban J connectivity index is 1.36. The molecule has 7 rings (SSSR count). The molecule has 63 heavy (non-hydrogen) atoms. The van der Waals surface area contributed by atoms with Crippen LogP contribution in [0.25, 0.3) is 11.1 Å². The number of hydrogen-bond acceptors (Lipinski definition) is 9. The third-order valence-corrected chi connectivity index (χ3v) is 11.2. The molecule has 5 aromatic rings. The molecule has 6 amide bonds. The Morgan fingerprint density at radius 3 is 1.78 bits per heavy atom. The molecule has 2 aliphatic heterocycles. The summed E-state index contributed by atoms with van der Waals surface area (Å²) >= 11 is 1.35.